The zero-order valence-corrected chi connectivity index (χ0v) is 17.7. The number of piperidine rings is 1. The summed E-state index contributed by atoms with van der Waals surface area (Å²) in [7, 11) is 0. The number of hydrogen-bond donors (Lipinski definition) is 0. The number of carbonyl (C=O) groups is 2. The van der Waals surface area contributed by atoms with Gasteiger partial charge in [-0.15, -0.1) is 0 Å². The molecule has 3 aromatic rings. The molecule has 6 heteroatoms. The van der Waals surface area contributed by atoms with Crippen molar-refractivity contribution in [3.8, 4) is 11.3 Å². The summed E-state index contributed by atoms with van der Waals surface area (Å²) in [5, 5.41) is 4.74. The van der Waals surface area contributed by atoms with Gasteiger partial charge in [-0.1, -0.05) is 36.4 Å². The molecule has 1 saturated heterocycles. The summed E-state index contributed by atoms with van der Waals surface area (Å²) in [6.07, 6.45) is 9.14. The highest BCUT2D eigenvalue weighted by Gasteiger charge is 2.25. The lowest BCUT2D eigenvalue weighted by atomic mass is 9.99. The predicted molar refractivity (Wildman–Crippen MR) is 120 cm³/mol. The molecular weight excluding hydrogens is 390 g/mol. The minimum atomic E-state index is -0.282. The van der Waals surface area contributed by atoms with E-state index < -0.39 is 0 Å². The fourth-order valence-corrected chi connectivity index (χ4v) is 4.17. The van der Waals surface area contributed by atoms with Crippen molar-refractivity contribution in [2.45, 2.75) is 38.6 Å². The largest absolute Gasteiger partial charge is 0.466 e. The second kappa shape index (κ2) is 9.60. The fourth-order valence-electron chi connectivity index (χ4n) is 4.17. The maximum atomic E-state index is 13.1. The summed E-state index contributed by atoms with van der Waals surface area (Å²) in [6, 6.07) is 16.0. The van der Waals surface area contributed by atoms with E-state index in [9.17, 15) is 9.59 Å². The average molecular weight is 418 g/mol. The Morgan fingerprint density at radius 1 is 1.13 bits per heavy atom. The molecule has 31 heavy (non-hydrogen) atoms. The molecule has 2 aromatic heterocycles. The van der Waals surface area contributed by atoms with Crippen molar-refractivity contribution in [2.75, 3.05) is 13.2 Å². The molecule has 0 bridgehead atoms. The third-order valence-corrected chi connectivity index (χ3v) is 5.68. The predicted octanol–water partition coefficient (Wildman–Crippen LogP) is 4.35. The molecule has 0 N–H and O–H groups in total. The number of carbonyl (C=O) groups excluding carboxylic acids is 2. The molecule has 0 radical (unpaired) electrons. The van der Waals surface area contributed by atoms with Crippen molar-refractivity contribution in [3.63, 3.8) is 0 Å². The van der Waals surface area contributed by atoms with Crippen LogP contribution >= 0.6 is 0 Å². The van der Waals surface area contributed by atoms with E-state index in [-0.39, 0.29) is 17.9 Å². The van der Waals surface area contributed by atoms with E-state index in [1.165, 1.54) is 6.92 Å². The third kappa shape index (κ3) is 4.85. The first kappa shape index (κ1) is 20.8. The fraction of sp³-hybridized carbons (Fsp3) is 0.320. The first-order valence-electron chi connectivity index (χ1n) is 10.8. The SMILES string of the molecule is CC(=O)OCCC1CCCCN1C(=O)/C=C/c1c(-c2ccccc2)nn2ccccc12. The molecule has 1 amide bonds. The van der Waals surface area contributed by atoms with Crippen LogP contribution in [0.2, 0.25) is 0 Å². The minimum Gasteiger partial charge on any atom is -0.466 e. The van der Waals surface area contributed by atoms with Crippen molar-refractivity contribution in [1.82, 2.24) is 14.5 Å². The van der Waals surface area contributed by atoms with Gasteiger partial charge in [-0.25, -0.2) is 4.52 Å². The summed E-state index contributed by atoms with van der Waals surface area (Å²) < 4.78 is 6.94. The number of aromatic nitrogens is 2. The van der Waals surface area contributed by atoms with Crippen molar-refractivity contribution >= 4 is 23.5 Å². The zero-order valence-electron chi connectivity index (χ0n) is 17.7. The summed E-state index contributed by atoms with van der Waals surface area (Å²) in [5.41, 5.74) is 3.74. The molecule has 1 aliphatic heterocycles. The molecule has 1 unspecified atom stereocenters. The summed E-state index contributed by atoms with van der Waals surface area (Å²) in [4.78, 5) is 26.1. The van der Waals surface area contributed by atoms with Gasteiger partial charge in [-0.05, 0) is 37.5 Å². The molecule has 4 rings (SSSR count). The standard InChI is InChI=1S/C25H27N3O3/c1-19(29)31-18-15-21-11-5-7-16-27(21)24(30)14-13-22-23-12-6-8-17-28(23)26-25(22)20-9-3-2-4-10-20/h2-4,6,8-10,12-14,17,21H,5,7,11,15-16,18H2,1H3/b14-13+. The van der Waals surface area contributed by atoms with Gasteiger partial charge >= 0.3 is 5.97 Å². The number of ether oxygens (including phenoxy) is 1. The van der Waals surface area contributed by atoms with E-state index in [2.05, 4.69) is 0 Å². The molecule has 1 aliphatic rings. The summed E-state index contributed by atoms with van der Waals surface area (Å²) in [6.45, 7) is 2.49. The molecule has 0 spiro atoms. The van der Waals surface area contributed by atoms with Gasteiger partial charge in [-0.2, -0.15) is 5.10 Å². The maximum Gasteiger partial charge on any atom is 0.302 e. The van der Waals surface area contributed by atoms with E-state index in [1.54, 1.807) is 6.08 Å². The minimum absolute atomic E-state index is 0.0122. The topological polar surface area (TPSA) is 63.9 Å². The number of amides is 1. The number of nitrogens with zero attached hydrogens (tertiary/aromatic N) is 3. The molecule has 3 heterocycles. The molecule has 6 nitrogen and oxygen atoms in total. The summed E-state index contributed by atoms with van der Waals surface area (Å²) in [5.74, 6) is -0.295. The van der Waals surface area contributed by atoms with Crippen LogP contribution in [-0.4, -0.2) is 45.6 Å². The Hall–Kier alpha value is -3.41. The van der Waals surface area contributed by atoms with Crippen molar-refractivity contribution in [2.24, 2.45) is 0 Å². The lowest BCUT2D eigenvalue weighted by Crippen LogP contribution is -2.43. The number of esters is 1. The Morgan fingerprint density at radius 2 is 1.94 bits per heavy atom. The van der Waals surface area contributed by atoms with E-state index in [1.807, 2.05) is 70.2 Å². The first-order valence-corrected chi connectivity index (χ1v) is 10.8. The lowest BCUT2D eigenvalue weighted by molar-refractivity contribution is -0.141. The Kier molecular flexibility index (Phi) is 6.46. The third-order valence-electron chi connectivity index (χ3n) is 5.68. The normalized spacial score (nSPS) is 16.7. The summed E-state index contributed by atoms with van der Waals surface area (Å²) >= 11 is 0. The Labute approximate surface area is 182 Å². The van der Waals surface area contributed by atoms with Gasteiger partial charge in [0.1, 0.15) is 5.69 Å². The number of pyridine rings is 1. The quantitative estimate of drug-likeness (QED) is 0.442. The Balaban J connectivity index is 1.58. The van der Waals surface area contributed by atoms with Gasteiger partial charge in [0.25, 0.3) is 0 Å². The van der Waals surface area contributed by atoms with Crippen LogP contribution in [-0.2, 0) is 14.3 Å². The maximum absolute atomic E-state index is 13.1. The van der Waals surface area contributed by atoms with Gasteiger partial charge in [0.05, 0.1) is 12.1 Å². The van der Waals surface area contributed by atoms with Crippen LogP contribution in [0.25, 0.3) is 22.9 Å². The molecule has 1 aromatic carbocycles. The van der Waals surface area contributed by atoms with Crippen LogP contribution in [0.4, 0.5) is 0 Å². The van der Waals surface area contributed by atoms with Crippen LogP contribution in [0, 0.1) is 0 Å². The van der Waals surface area contributed by atoms with Gasteiger partial charge in [0.2, 0.25) is 5.91 Å². The second-order valence-corrected chi connectivity index (χ2v) is 7.80. The van der Waals surface area contributed by atoms with E-state index >= 15 is 0 Å². The van der Waals surface area contributed by atoms with E-state index in [0.29, 0.717) is 13.0 Å². The smallest absolute Gasteiger partial charge is 0.302 e. The number of benzene rings is 1. The molecule has 160 valence electrons. The van der Waals surface area contributed by atoms with Crippen LogP contribution in [0.5, 0.6) is 0 Å². The molecule has 0 saturated carbocycles. The van der Waals surface area contributed by atoms with Gasteiger partial charge in [0.15, 0.2) is 0 Å². The first-order chi connectivity index (χ1) is 15.1. The average Bonchev–Trinajstić information content (AvgIpc) is 3.17. The van der Waals surface area contributed by atoms with Crippen molar-refractivity contribution < 1.29 is 14.3 Å². The van der Waals surface area contributed by atoms with Crippen LogP contribution in [0.3, 0.4) is 0 Å². The van der Waals surface area contributed by atoms with Crippen LogP contribution < -0.4 is 0 Å². The Morgan fingerprint density at radius 3 is 2.74 bits per heavy atom. The number of fused-ring (bicyclic) bond motifs is 1. The number of rotatable bonds is 6. The molecular formula is C25H27N3O3. The number of likely N-dealkylation sites (tertiary alicyclic amines) is 1. The van der Waals surface area contributed by atoms with Crippen molar-refractivity contribution in [1.29, 1.82) is 0 Å². The lowest BCUT2D eigenvalue weighted by Gasteiger charge is -2.35. The molecule has 0 aliphatic carbocycles. The highest BCUT2D eigenvalue weighted by Crippen LogP contribution is 2.28. The van der Waals surface area contributed by atoms with E-state index in [0.717, 1.165) is 48.1 Å². The highest BCUT2D eigenvalue weighted by molar-refractivity contribution is 5.95. The van der Waals surface area contributed by atoms with Crippen molar-refractivity contribution in [3.05, 3.63) is 66.4 Å². The second-order valence-electron chi connectivity index (χ2n) is 7.80. The van der Waals surface area contributed by atoms with E-state index in [4.69, 9.17) is 9.84 Å². The molecule has 1 fully saturated rings. The zero-order chi connectivity index (χ0) is 21.6. The number of hydrogen-bond acceptors (Lipinski definition) is 4. The van der Waals surface area contributed by atoms with Crippen LogP contribution in [0.15, 0.2) is 60.8 Å². The van der Waals surface area contributed by atoms with Gasteiger partial charge in [-0.3, -0.25) is 9.59 Å². The van der Waals surface area contributed by atoms with Gasteiger partial charge in [0, 0.05) is 49.3 Å². The highest BCUT2D eigenvalue weighted by atomic mass is 16.5. The molecule has 1 atom stereocenters. The van der Waals surface area contributed by atoms with Crippen LogP contribution in [0.1, 0.15) is 38.2 Å². The van der Waals surface area contributed by atoms with Gasteiger partial charge < -0.3 is 9.64 Å². The monoisotopic (exact) mass is 417 g/mol. The Bertz CT molecular complexity index is 1090.